The van der Waals surface area contributed by atoms with Gasteiger partial charge in [0.15, 0.2) is 0 Å². The zero-order valence-electron chi connectivity index (χ0n) is 24.2. The Bertz CT molecular complexity index is 1520. The van der Waals surface area contributed by atoms with Crippen LogP contribution in [0.25, 0.3) is 11.1 Å². The standard InChI is InChI=1S/C34H32N2O6S2/c1-41-33(39)29(19-21-11-15-23(37)16-12-21)35-31(43)27-9-5-3-7-25(27)26-8-4-6-10-28(26)32(44)36-30(34(40)42-2)20-22-13-17-24(38)18-14-22/h3-18,29-30,37-38H,19-20H2,1-2H3,(H,35,43)(H,36,44)/t29-,30-/m1/s1. The Hall–Kier alpha value is -4.80. The number of esters is 2. The first kappa shape index (κ1) is 32.1. The summed E-state index contributed by atoms with van der Waals surface area (Å²) in [6.45, 7) is 0. The van der Waals surface area contributed by atoms with Gasteiger partial charge in [0.25, 0.3) is 0 Å². The Morgan fingerprint density at radius 3 is 1.30 bits per heavy atom. The molecule has 2 atom stereocenters. The first-order valence-electron chi connectivity index (χ1n) is 13.7. The molecule has 4 rings (SSSR count). The van der Waals surface area contributed by atoms with Crippen LogP contribution in [0.4, 0.5) is 0 Å². The number of aromatic hydroxyl groups is 2. The van der Waals surface area contributed by atoms with Crippen LogP contribution in [0.15, 0.2) is 97.1 Å². The van der Waals surface area contributed by atoms with Gasteiger partial charge in [-0.1, -0.05) is 97.2 Å². The molecule has 8 nitrogen and oxygen atoms in total. The summed E-state index contributed by atoms with van der Waals surface area (Å²) in [6, 6.07) is 26.6. The lowest BCUT2D eigenvalue weighted by molar-refractivity contribution is -0.143. The molecule has 0 amide bonds. The number of thiocarbonyl (C=S) groups is 2. The Labute approximate surface area is 266 Å². The molecule has 0 heterocycles. The SMILES string of the molecule is COC(=O)[C@@H](Cc1ccc(O)cc1)NC(=S)c1ccccc1-c1ccccc1C(=S)N[C@H](Cc1ccc(O)cc1)C(=O)OC. The summed E-state index contributed by atoms with van der Waals surface area (Å²) < 4.78 is 10.1. The van der Waals surface area contributed by atoms with Gasteiger partial charge in [-0.3, -0.25) is 0 Å². The summed E-state index contributed by atoms with van der Waals surface area (Å²) in [4.78, 5) is 26.1. The third kappa shape index (κ3) is 8.18. The van der Waals surface area contributed by atoms with Crippen LogP contribution in [0.3, 0.4) is 0 Å². The number of ether oxygens (including phenoxy) is 2. The fraction of sp³-hybridized carbons (Fsp3) is 0.176. The molecule has 0 aliphatic carbocycles. The Balaban J connectivity index is 1.61. The second kappa shape index (κ2) is 15.1. The van der Waals surface area contributed by atoms with Crippen molar-refractivity contribution in [3.05, 3.63) is 119 Å². The molecule has 0 saturated carbocycles. The fourth-order valence-corrected chi connectivity index (χ4v) is 5.35. The van der Waals surface area contributed by atoms with Gasteiger partial charge in [0.05, 0.1) is 14.2 Å². The van der Waals surface area contributed by atoms with Gasteiger partial charge >= 0.3 is 11.9 Å². The molecule has 0 aliphatic heterocycles. The van der Waals surface area contributed by atoms with Gasteiger partial charge in [-0.15, -0.1) is 0 Å². The van der Waals surface area contributed by atoms with Gasteiger partial charge < -0.3 is 30.3 Å². The molecule has 4 aromatic carbocycles. The fourth-order valence-electron chi connectivity index (χ4n) is 4.71. The van der Waals surface area contributed by atoms with Crippen molar-refractivity contribution in [2.45, 2.75) is 24.9 Å². The van der Waals surface area contributed by atoms with Crippen molar-refractivity contribution in [1.29, 1.82) is 0 Å². The topological polar surface area (TPSA) is 117 Å². The van der Waals surface area contributed by atoms with Gasteiger partial charge in [0, 0.05) is 24.0 Å². The first-order chi connectivity index (χ1) is 21.2. The number of phenolic OH excluding ortho intramolecular Hbond substituents is 2. The third-order valence-corrected chi connectivity index (χ3v) is 7.64. The molecule has 0 unspecified atom stereocenters. The van der Waals surface area contributed by atoms with Crippen molar-refractivity contribution in [1.82, 2.24) is 10.6 Å². The van der Waals surface area contributed by atoms with Gasteiger partial charge in [-0.2, -0.15) is 0 Å². The highest BCUT2D eigenvalue weighted by molar-refractivity contribution is 7.81. The van der Waals surface area contributed by atoms with E-state index in [1.165, 1.54) is 14.2 Å². The summed E-state index contributed by atoms with van der Waals surface area (Å²) in [7, 11) is 2.64. The molecular weight excluding hydrogens is 597 g/mol. The van der Waals surface area contributed by atoms with Crippen LogP contribution in [-0.4, -0.2) is 58.4 Å². The number of phenols is 2. The van der Waals surface area contributed by atoms with Crippen molar-refractivity contribution in [2.75, 3.05) is 14.2 Å². The van der Waals surface area contributed by atoms with Crippen LogP contribution in [0.2, 0.25) is 0 Å². The van der Waals surface area contributed by atoms with Gasteiger partial charge in [0.1, 0.15) is 33.6 Å². The van der Waals surface area contributed by atoms with Crippen molar-refractivity contribution in [2.24, 2.45) is 0 Å². The molecule has 0 spiro atoms. The highest BCUT2D eigenvalue weighted by atomic mass is 32.1. The summed E-state index contributed by atoms with van der Waals surface area (Å²) >= 11 is 11.6. The van der Waals surface area contributed by atoms with E-state index in [1.54, 1.807) is 48.5 Å². The first-order valence-corrected chi connectivity index (χ1v) is 14.5. The minimum atomic E-state index is -0.774. The molecule has 10 heteroatoms. The van der Waals surface area contributed by atoms with Gasteiger partial charge in [-0.25, -0.2) is 9.59 Å². The predicted molar refractivity (Wildman–Crippen MR) is 177 cm³/mol. The largest absolute Gasteiger partial charge is 0.508 e. The van der Waals surface area contributed by atoms with E-state index in [-0.39, 0.29) is 24.3 Å². The average molecular weight is 629 g/mol. The van der Waals surface area contributed by atoms with Crippen molar-refractivity contribution in [3.8, 4) is 22.6 Å². The number of carbonyl (C=O) groups is 2. The summed E-state index contributed by atoms with van der Waals surface area (Å²) in [5.41, 5.74) is 4.52. The van der Waals surface area contributed by atoms with E-state index in [0.29, 0.717) is 21.1 Å². The number of nitrogens with one attached hydrogen (secondary N) is 2. The molecule has 226 valence electrons. The normalized spacial score (nSPS) is 12.0. The quantitative estimate of drug-likeness (QED) is 0.136. The van der Waals surface area contributed by atoms with Crippen LogP contribution >= 0.6 is 24.4 Å². The lowest BCUT2D eigenvalue weighted by Crippen LogP contribution is -2.43. The van der Waals surface area contributed by atoms with Gasteiger partial charge in [-0.05, 0) is 46.5 Å². The second-order valence-electron chi connectivity index (χ2n) is 9.93. The maximum atomic E-state index is 12.7. The molecule has 0 radical (unpaired) electrons. The van der Waals surface area contributed by atoms with Crippen molar-refractivity contribution < 1.29 is 29.3 Å². The van der Waals surface area contributed by atoms with Crippen molar-refractivity contribution in [3.63, 3.8) is 0 Å². The number of carbonyl (C=O) groups excluding carboxylic acids is 2. The van der Waals surface area contributed by atoms with E-state index >= 15 is 0 Å². The highest BCUT2D eigenvalue weighted by Crippen LogP contribution is 2.28. The summed E-state index contributed by atoms with van der Waals surface area (Å²) in [5.74, 6) is -0.701. The molecule has 4 aromatic rings. The minimum absolute atomic E-state index is 0.130. The molecule has 0 aromatic heterocycles. The van der Waals surface area contributed by atoms with Crippen LogP contribution in [-0.2, 0) is 31.9 Å². The van der Waals surface area contributed by atoms with E-state index in [2.05, 4.69) is 10.6 Å². The molecule has 0 fully saturated rings. The van der Waals surface area contributed by atoms with E-state index < -0.39 is 24.0 Å². The Morgan fingerprint density at radius 1 is 0.614 bits per heavy atom. The predicted octanol–water partition coefficient (Wildman–Crippen LogP) is 4.86. The van der Waals surface area contributed by atoms with E-state index in [0.717, 1.165) is 22.3 Å². The lowest BCUT2D eigenvalue weighted by Gasteiger charge is -2.22. The number of hydrogen-bond donors (Lipinski definition) is 4. The Morgan fingerprint density at radius 2 is 0.955 bits per heavy atom. The molecular formula is C34H32N2O6S2. The van der Waals surface area contributed by atoms with Crippen LogP contribution < -0.4 is 10.6 Å². The average Bonchev–Trinajstić information content (AvgIpc) is 3.05. The third-order valence-electron chi connectivity index (χ3n) is 6.97. The van der Waals surface area contributed by atoms with Crippen LogP contribution in [0.1, 0.15) is 22.3 Å². The number of benzene rings is 4. The number of hydrogen-bond acceptors (Lipinski definition) is 8. The number of methoxy groups -OCH3 is 2. The lowest BCUT2D eigenvalue weighted by atomic mass is 9.94. The monoisotopic (exact) mass is 628 g/mol. The highest BCUT2D eigenvalue weighted by Gasteiger charge is 2.25. The molecule has 0 aliphatic rings. The van der Waals surface area contributed by atoms with E-state index in [1.807, 2.05) is 48.5 Å². The van der Waals surface area contributed by atoms with Crippen LogP contribution in [0, 0.1) is 0 Å². The smallest absolute Gasteiger partial charge is 0.328 e. The molecule has 0 bridgehead atoms. The zero-order valence-corrected chi connectivity index (χ0v) is 25.8. The molecule has 4 N–H and O–H groups in total. The Kier molecular flexibility index (Phi) is 11.0. The molecule has 44 heavy (non-hydrogen) atoms. The van der Waals surface area contributed by atoms with Crippen LogP contribution in [0.5, 0.6) is 11.5 Å². The van der Waals surface area contributed by atoms with Gasteiger partial charge in [0.2, 0.25) is 0 Å². The molecule has 0 saturated heterocycles. The summed E-state index contributed by atoms with van der Waals surface area (Å²) in [6.07, 6.45) is 0.575. The number of rotatable bonds is 11. The zero-order chi connectivity index (χ0) is 31.6. The van der Waals surface area contributed by atoms with E-state index in [9.17, 15) is 19.8 Å². The minimum Gasteiger partial charge on any atom is -0.508 e. The maximum Gasteiger partial charge on any atom is 0.328 e. The van der Waals surface area contributed by atoms with Crippen molar-refractivity contribution >= 4 is 46.4 Å². The second-order valence-corrected chi connectivity index (χ2v) is 10.7. The van der Waals surface area contributed by atoms with E-state index in [4.69, 9.17) is 33.9 Å². The summed E-state index contributed by atoms with van der Waals surface area (Å²) in [5, 5.41) is 25.6. The maximum absolute atomic E-state index is 12.7.